The molecule has 0 spiro atoms. The van der Waals surface area contributed by atoms with E-state index in [1.807, 2.05) is 37.3 Å². The minimum Gasteiger partial charge on any atom is -0.457 e. The van der Waals surface area contributed by atoms with Crippen LogP contribution in [0.25, 0.3) is 0 Å². The van der Waals surface area contributed by atoms with Gasteiger partial charge in [0, 0.05) is 12.1 Å². The first-order valence-corrected chi connectivity index (χ1v) is 8.51. The van der Waals surface area contributed by atoms with E-state index >= 15 is 0 Å². The SMILES string of the molecule is CCn1nc(C)c(NC(=O)c2cccc(Oc3ccccc3)c2)c1C(N)=O. The summed E-state index contributed by atoms with van der Waals surface area (Å²) >= 11 is 0. The lowest BCUT2D eigenvalue weighted by molar-refractivity contribution is 0.0991. The van der Waals surface area contributed by atoms with Crippen LogP contribution < -0.4 is 15.8 Å². The van der Waals surface area contributed by atoms with Crippen molar-refractivity contribution < 1.29 is 14.3 Å². The number of nitrogens with one attached hydrogen (secondary N) is 1. The Morgan fingerprint density at radius 2 is 1.81 bits per heavy atom. The minimum atomic E-state index is -0.645. The number of aryl methyl sites for hydroxylation is 2. The van der Waals surface area contributed by atoms with Gasteiger partial charge in [0.25, 0.3) is 11.8 Å². The molecule has 0 aliphatic carbocycles. The fourth-order valence-electron chi connectivity index (χ4n) is 2.72. The molecule has 0 aliphatic rings. The number of anilines is 1. The van der Waals surface area contributed by atoms with Crippen molar-refractivity contribution in [3.8, 4) is 11.5 Å². The zero-order valence-corrected chi connectivity index (χ0v) is 15.1. The van der Waals surface area contributed by atoms with Gasteiger partial charge in [-0.1, -0.05) is 24.3 Å². The second kappa shape index (κ2) is 7.74. The third-order valence-electron chi connectivity index (χ3n) is 3.97. The highest BCUT2D eigenvalue weighted by molar-refractivity contribution is 6.08. The number of rotatable bonds is 6. The van der Waals surface area contributed by atoms with E-state index in [-0.39, 0.29) is 11.6 Å². The highest BCUT2D eigenvalue weighted by Gasteiger charge is 2.21. The quantitative estimate of drug-likeness (QED) is 0.700. The van der Waals surface area contributed by atoms with E-state index in [2.05, 4.69) is 10.4 Å². The normalized spacial score (nSPS) is 10.4. The maximum Gasteiger partial charge on any atom is 0.269 e. The van der Waals surface area contributed by atoms with E-state index in [0.29, 0.717) is 35.0 Å². The number of nitrogens with two attached hydrogens (primary N) is 1. The number of benzene rings is 2. The molecule has 3 N–H and O–H groups in total. The number of aromatic nitrogens is 2. The van der Waals surface area contributed by atoms with Gasteiger partial charge in [-0.15, -0.1) is 0 Å². The maximum atomic E-state index is 12.7. The summed E-state index contributed by atoms with van der Waals surface area (Å²) in [5.74, 6) is 0.180. The van der Waals surface area contributed by atoms with E-state index in [1.165, 1.54) is 4.68 Å². The average molecular weight is 364 g/mol. The van der Waals surface area contributed by atoms with Gasteiger partial charge in [-0.3, -0.25) is 14.3 Å². The first kappa shape index (κ1) is 18.2. The van der Waals surface area contributed by atoms with Gasteiger partial charge in [-0.2, -0.15) is 5.10 Å². The van der Waals surface area contributed by atoms with Crippen LogP contribution in [0.2, 0.25) is 0 Å². The van der Waals surface area contributed by atoms with Gasteiger partial charge in [0.15, 0.2) is 0 Å². The molecule has 0 aliphatic heterocycles. The Hall–Kier alpha value is -3.61. The summed E-state index contributed by atoms with van der Waals surface area (Å²) in [6, 6.07) is 16.1. The van der Waals surface area contributed by atoms with Gasteiger partial charge in [0.2, 0.25) is 0 Å². The number of carbonyl (C=O) groups excluding carboxylic acids is 2. The predicted octanol–water partition coefficient (Wildman–Crippen LogP) is 3.35. The molecule has 3 rings (SSSR count). The first-order valence-electron chi connectivity index (χ1n) is 8.51. The van der Waals surface area contributed by atoms with Gasteiger partial charge in [0.1, 0.15) is 17.2 Å². The Labute approximate surface area is 156 Å². The van der Waals surface area contributed by atoms with Crippen molar-refractivity contribution in [2.45, 2.75) is 20.4 Å². The van der Waals surface area contributed by atoms with Crippen LogP contribution in [0, 0.1) is 6.92 Å². The molecule has 0 atom stereocenters. The first-order chi connectivity index (χ1) is 13.0. The Balaban J connectivity index is 1.84. The molecule has 2 amide bonds. The summed E-state index contributed by atoms with van der Waals surface area (Å²) in [7, 11) is 0. The summed E-state index contributed by atoms with van der Waals surface area (Å²) in [5, 5.41) is 6.99. The molecule has 7 heteroatoms. The van der Waals surface area contributed by atoms with Gasteiger partial charge in [0.05, 0.1) is 11.4 Å². The maximum absolute atomic E-state index is 12.7. The second-order valence-corrected chi connectivity index (χ2v) is 5.89. The van der Waals surface area contributed by atoms with Crippen molar-refractivity contribution >= 4 is 17.5 Å². The van der Waals surface area contributed by atoms with Crippen LogP contribution in [0.15, 0.2) is 54.6 Å². The summed E-state index contributed by atoms with van der Waals surface area (Å²) < 4.78 is 7.23. The molecule has 0 bridgehead atoms. The summed E-state index contributed by atoms with van der Waals surface area (Å²) in [4.78, 5) is 24.5. The van der Waals surface area contributed by atoms with Crippen LogP contribution in [0.4, 0.5) is 5.69 Å². The molecule has 1 heterocycles. The van der Waals surface area contributed by atoms with Crippen LogP contribution in [0.5, 0.6) is 11.5 Å². The number of primary amides is 1. The molecule has 2 aromatic carbocycles. The molecule has 27 heavy (non-hydrogen) atoms. The highest BCUT2D eigenvalue weighted by atomic mass is 16.5. The van der Waals surface area contributed by atoms with Crippen molar-refractivity contribution in [2.24, 2.45) is 5.73 Å². The topological polar surface area (TPSA) is 99.2 Å². The highest BCUT2D eigenvalue weighted by Crippen LogP contribution is 2.24. The van der Waals surface area contributed by atoms with Crippen molar-refractivity contribution in [1.82, 2.24) is 9.78 Å². The number of ether oxygens (including phenoxy) is 1. The molecule has 3 aromatic rings. The van der Waals surface area contributed by atoms with Gasteiger partial charge in [-0.05, 0) is 44.2 Å². The fourth-order valence-corrected chi connectivity index (χ4v) is 2.72. The number of amides is 2. The monoisotopic (exact) mass is 364 g/mol. The number of hydrogen-bond donors (Lipinski definition) is 2. The van der Waals surface area contributed by atoms with Gasteiger partial charge < -0.3 is 15.8 Å². The van der Waals surface area contributed by atoms with Gasteiger partial charge in [-0.25, -0.2) is 0 Å². The molecule has 0 saturated heterocycles. The Bertz CT molecular complexity index is 980. The van der Waals surface area contributed by atoms with Crippen LogP contribution >= 0.6 is 0 Å². The molecule has 1 aromatic heterocycles. The van der Waals surface area contributed by atoms with Gasteiger partial charge >= 0.3 is 0 Å². The lowest BCUT2D eigenvalue weighted by atomic mass is 10.2. The number of nitrogens with zero attached hydrogens (tertiary/aromatic N) is 2. The molecule has 0 unspecified atom stereocenters. The number of para-hydroxylation sites is 1. The molecule has 0 radical (unpaired) electrons. The fraction of sp³-hybridized carbons (Fsp3) is 0.150. The standard InChI is InChI=1S/C20H20N4O3/c1-3-24-18(19(21)25)17(13(2)23-24)22-20(26)14-8-7-11-16(12-14)27-15-9-5-4-6-10-15/h4-12H,3H2,1-2H3,(H2,21,25)(H,22,26). The molecular formula is C20H20N4O3. The van der Waals surface area contributed by atoms with Crippen LogP contribution in [0.1, 0.15) is 33.5 Å². The molecule has 138 valence electrons. The average Bonchev–Trinajstić information content (AvgIpc) is 2.98. The molecule has 7 nitrogen and oxygen atoms in total. The Morgan fingerprint density at radius 3 is 2.48 bits per heavy atom. The third kappa shape index (κ3) is 3.98. The Kier molecular flexibility index (Phi) is 5.21. The minimum absolute atomic E-state index is 0.181. The number of hydrogen-bond acceptors (Lipinski definition) is 4. The van der Waals surface area contributed by atoms with Crippen LogP contribution in [0.3, 0.4) is 0 Å². The smallest absolute Gasteiger partial charge is 0.269 e. The number of carbonyl (C=O) groups is 2. The van der Waals surface area contributed by atoms with E-state index in [0.717, 1.165) is 0 Å². The van der Waals surface area contributed by atoms with E-state index in [4.69, 9.17) is 10.5 Å². The van der Waals surface area contributed by atoms with E-state index in [1.54, 1.807) is 31.2 Å². The zero-order valence-electron chi connectivity index (χ0n) is 15.1. The van der Waals surface area contributed by atoms with Crippen LogP contribution in [-0.2, 0) is 6.54 Å². The Morgan fingerprint density at radius 1 is 1.11 bits per heavy atom. The summed E-state index contributed by atoms with van der Waals surface area (Å²) in [5.41, 5.74) is 6.88. The van der Waals surface area contributed by atoms with Crippen molar-refractivity contribution in [3.63, 3.8) is 0 Å². The lowest BCUT2D eigenvalue weighted by Crippen LogP contribution is -2.21. The molecular weight excluding hydrogens is 344 g/mol. The second-order valence-electron chi connectivity index (χ2n) is 5.89. The summed E-state index contributed by atoms with van der Waals surface area (Å²) in [6.07, 6.45) is 0. The molecule has 0 saturated carbocycles. The summed E-state index contributed by atoms with van der Waals surface area (Å²) in [6.45, 7) is 4.02. The van der Waals surface area contributed by atoms with E-state index < -0.39 is 5.91 Å². The van der Waals surface area contributed by atoms with Crippen molar-refractivity contribution in [1.29, 1.82) is 0 Å². The zero-order chi connectivity index (χ0) is 19.4. The molecule has 0 fully saturated rings. The third-order valence-corrected chi connectivity index (χ3v) is 3.97. The lowest BCUT2D eigenvalue weighted by Gasteiger charge is -2.09. The van der Waals surface area contributed by atoms with Crippen LogP contribution in [-0.4, -0.2) is 21.6 Å². The predicted molar refractivity (Wildman–Crippen MR) is 102 cm³/mol. The van der Waals surface area contributed by atoms with E-state index in [9.17, 15) is 9.59 Å². The van der Waals surface area contributed by atoms with Crippen molar-refractivity contribution in [2.75, 3.05) is 5.32 Å². The van der Waals surface area contributed by atoms with Crippen molar-refractivity contribution in [3.05, 3.63) is 71.5 Å². The largest absolute Gasteiger partial charge is 0.457 e.